The second-order valence-corrected chi connectivity index (χ2v) is 8.15. The smallest absolute Gasteiger partial charge is 0.344 e. The largest absolute Gasteiger partial charge is 0.428 e. The summed E-state index contributed by atoms with van der Waals surface area (Å²) in [7, 11) is 0. The van der Waals surface area contributed by atoms with E-state index in [2.05, 4.69) is 58.8 Å². The predicted molar refractivity (Wildman–Crippen MR) is 108 cm³/mol. The van der Waals surface area contributed by atoms with Gasteiger partial charge in [0.1, 0.15) is 5.75 Å². The SMILES string of the molecule is CC1(C)c2cc(Br)ccc2-c2ccc(-c3ccc(OC(F)=C(F)F)cc3)cc21. The molecule has 0 saturated heterocycles. The molecule has 0 fully saturated rings. The highest BCUT2D eigenvalue weighted by atomic mass is 79.9. The number of fused-ring (bicyclic) bond motifs is 3. The number of ether oxygens (including phenoxy) is 1. The van der Waals surface area contributed by atoms with Crippen LogP contribution in [-0.4, -0.2) is 0 Å². The molecule has 0 unspecified atom stereocenters. The van der Waals surface area contributed by atoms with E-state index in [1.807, 2.05) is 12.1 Å². The van der Waals surface area contributed by atoms with Crippen molar-refractivity contribution in [3.63, 3.8) is 0 Å². The topological polar surface area (TPSA) is 9.23 Å². The minimum Gasteiger partial charge on any atom is -0.428 e. The van der Waals surface area contributed by atoms with Gasteiger partial charge in [0.2, 0.25) is 0 Å². The number of rotatable bonds is 3. The van der Waals surface area contributed by atoms with Crippen LogP contribution in [-0.2, 0) is 5.41 Å². The van der Waals surface area contributed by atoms with Crippen LogP contribution in [0.1, 0.15) is 25.0 Å². The third-order valence-electron chi connectivity index (χ3n) is 5.18. The Morgan fingerprint density at radius 2 is 1.36 bits per heavy atom. The van der Waals surface area contributed by atoms with Crippen LogP contribution in [0.25, 0.3) is 22.3 Å². The summed E-state index contributed by atoms with van der Waals surface area (Å²) in [6.45, 7) is 4.40. The van der Waals surface area contributed by atoms with Crippen molar-refractivity contribution < 1.29 is 17.9 Å². The van der Waals surface area contributed by atoms with Gasteiger partial charge in [-0.3, -0.25) is 0 Å². The molecule has 4 rings (SSSR count). The van der Waals surface area contributed by atoms with Gasteiger partial charge in [-0.2, -0.15) is 13.2 Å². The van der Waals surface area contributed by atoms with E-state index < -0.39 is 12.1 Å². The van der Waals surface area contributed by atoms with Gasteiger partial charge in [-0.1, -0.05) is 60.1 Å². The Bertz CT molecular complexity index is 1100. The summed E-state index contributed by atoms with van der Waals surface area (Å²) in [5.41, 5.74) is 6.70. The molecule has 0 bridgehead atoms. The van der Waals surface area contributed by atoms with Crippen LogP contribution in [0.3, 0.4) is 0 Å². The van der Waals surface area contributed by atoms with Gasteiger partial charge in [0.25, 0.3) is 0 Å². The van der Waals surface area contributed by atoms with Crippen LogP contribution in [0, 0.1) is 0 Å². The molecular formula is C23H16BrF3O. The third-order valence-corrected chi connectivity index (χ3v) is 5.67. The summed E-state index contributed by atoms with van der Waals surface area (Å²) in [4.78, 5) is 0. The fourth-order valence-corrected chi connectivity index (χ4v) is 4.11. The maximum atomic E-state index is 12.9. The Labute approximate surface area is 169 Å². The molecule has 0 heterocycles. The summed E-state index contributed by atoms with van der Waals surface area (Å²) in [6, 6.07) is 17.2. The molecule has 0 N–H and O–H groups in total. The highest BCUT2D eigenvalue weighted by Crippen LogP contribution is 2.50. The van der Waals surface area contributed by atoms with Gasteiger partial charge in [0, 0.05) is 9.89 Å². The summed E-state index contributed by atoms with van der Waals surface area (Å²) in [6.07, 6.45) is -2.48. The van der Waals surface area contributed by atoms with Gasteiger partial charge in [0.05, 0.1) is 0 Å². The maximum absolute atomic E-state index is 12.9. The molecule has 3 aromatic carbocycles. The summed E-state index contributed by atoms with van der Waals surface area (Å²) < 4.78 is 42.8. The highest BCUT2D eigenvalue weighted by molar-refractivity contribution is 9.10. The van der Waals surface area contributed by atoms with Gasteiger partial charge >= 0.3 is 12.1 Å². The van der Waals surface area contributed by atoms with Crippen molar-refractivity contribution in [3.05, 3.63) is 88.4 Å². The Kier molecular flexibility index (Phi) is 4.58. The van der Waals surface area contributed by atoms with E-state index in [0.717, 1.165) is 15.6 Å². The van der Waals surface area contributed by atoms with E-state index in [1.54, 1.807) is 12.1 Å². The Morgan fingerprint density at radius 3 is 2.00 bits per heavy atom. The molecule has 0 aliphatic heterocycles. The zero-order valence-corrected chi connectivity index (χ0v) is 16.8. The Hall–Kier alpha value is -2.53. The molecule has 1 aliphatic rings. The lowest BCUT2D eigenvalue weighted by atomic mass is 9.81. The average Bonchev–Trinajstić information content (AvgIpc) is 2.89. The minimum atomic E-state index is -2.48. The van der Waals surface area contributed by atoms with E-state index in [4.69, 9.17) is 0 Å². The minimum absolute atomic E-state index is 0.0211. The van der Waals surface area contributed by atoms with Crippen molar-refractivity contribution in [1.29, 1.82) is 0 Å². The van der Waals surface area contributed by atoms with Crippen molar-refractivity contribution in [2.24, 2.45) is 0 Å². The molecule has 28 heavy (non-hydrogen) atoms. The summed E-state index contributed by atoms with van der Waals surface area (Å²) in [5, 5.41) is 0. The fourth-order valence-electron chi connectivity index (χ4n) is 3.75. The lowest BCUT2D eigenvalue weighted by molar-refractivity contribution is 0.241. The molecule has 142 valence electrons. The molecule has 0 amide bonds. The van der Waals surface area contributed by atoms with E-state index in [9.17, 15) is 13.2 Å². The first-order chi connectivity index (χ1) is 13.3. The second kappa shape index (κ2) is 6.82. The van der Waals surface area contributed by atoms with Crippen molar-refractivity contribution >= 4 is 15.9 Å². The average molecular weight is 445 g/mol. The van der Waals surface area contributed by atoms with Crippen molar-refractivity contribution in [2.75, 3.05) is 0 Å². The zero-order valence-electron chi connectivity index (χ0n) is 15.2. The fraction of sp³-hybridized carbons (Fsp3) is 0.130. The van der Waals surface area contributed by atoms with Gasteiger partial charge < -0.3 is 4.74 Å². The first kappa shape index (κ1) is 18.8. The molecule has 1 aliphatic carbocycles. The van der Waals surface area contributed by atoms with Crippen LogP contribution in [0.2, 0.25) is 0 Å². The van der Waals surface area contributed by atoms with Crippen LogP contribution < -0.4 is 4.74 Å². The molecule has 0 atom stereocenters. The third kappa shape index (κ3) is 3.14. The van der Waals surface area contributed by atoms with E-state index in [-0.39, 0.29) is 11.2 Å². The molecule has 0 radical (unpaired) electrons. The number of benzene rings is 3. The van der Waals surface area contributed by atoms with Crippen LogP contribution >= 0.6 is 15.9 Å². The van der Waals surface area contributed by atoms with E-state index in [0.29, 0.717) is 0 Å². The van der Waals surface area contributed by atoms with Crippen LogP contribution in [0.4, 0.5) is 13.2 Å². The summed E-state index contributed by atoms with van der Waals surface area (Å²) in [5.74, 6) is 0.0211. The first-order valence-electron chi connectivity index (χ1n) is 8.71. The zero-order chi connectivity index (χ0) is 20.1. The standard InChI is InChI=1S/C23H16BrF3O/c1-23(2)19-11-14(5-9-17(19)18-10-6-15(24)12-20(18)23)13-3-7-16(8-4-13)28-22(27)21(25)26/h3-12H,1-2H3. The first-order valence-corrected chi connectivity index (χ1v) is 9.50. The van der Waals surface area contributed by atoms with Gasteiger partial charge in [-0.15, -0.1) is 0 Å². The van der Waals surface area contributed by atoms with Gasteiger partial charge in [-0.25, -0.2) is 0 Å². The Balaban J connectivity index is 1.70. The number of halogens is 4. The van der Waals surface area contributed by atoms with Crippen molar-refractivity contribution in [3.8, 4) is 28.0 Å². The molecule has 0 saturated carbocycles. The molecule has 1 nitrogen and oxygen atoms in total. The van der Waals surface area contributed by atoms with Crippen LogP contribution in [0.5, 0.6) is 5.75 Å². The lowest BCUT2D eigenvalue weighted by Crippen LogP contribution is -2.15. The quantitative estimate of drug-likeness (QED) is 0.373. The van der Waals surface area contributed by atoms with Crippen molar-refractivity contribution in [1.82, 2.24) is 0 Å². The monoisotopic (exact) mass is 444 g/mol. The molecular weight excluding hydrogens is 429 g/mol. The molecule has 3 aromatic rings. The Morgan fingerprint density at radius 1 is 0.786 bits per heavy atom. The molecule has 0 spiro atoms. The highest BCUT2D eigenvalue weighted by Gasteiger charge is 2.35. The second-order valence-electron chi connectivity index (χ2n) is 7.24. The van der Waals surface area contributed by atoms with E-state index in [1.165, 1.54) is 34.4 Å². The molecule has 0 aromatic heterocycles. The normalized spacial score (nSPS) is 13.6. The lowest BCUT2D eigenvalue weighted by Gasteiger charge is -2.22. The van der Waals surface area contributed by atoms with Gasteiger partial charge in [0.15, 0.2) is 0 Å². The molecule has 5 heteroatoms. The maximum Gasteiger partial charge on any atom is 0.344 e. The number of hydrogen-bond acceptors (Lipinski definition) is 1. The predicted octanol–water partition coefficient (Wildman–Crippen LogP) is 7.84. The summed E-state index contributed by atoms with van der Waals surface area (Å²) >= 11 is 3.56. The van der Waals surface area contributed by atoms with Crippen LogP contribution in [0.15, 0.2) is 77.2 Å². The van der Waals surface area contributed by atoms with Gasteiger partial charge in [-0.05, 0) is 63.7 Å². The van der Waals surface area contributed by atoms with E-state index >= 15 is 0 Å². The number of hydrogen-bond donors (Lipinski definition) is 0. The van der Waals surface area contributed by atoms with Crippen molar-refractivity contribution in [2.45, 2.75) is 19.3 Å².